The lowest BCUT2D eigenvalue weighted by atomic mass is 9.87. The van der Waals surface area contributed by atoms with Gasteiger partial charge in [0.25, 0.3) is 0 Å². The van der Waals surface area contributed by atoms with Crippen LogP contribution in [0.15, 0.2) is 6.07 Å². The number of aromatic amines is 1. The van der Waals surface area contributed by atoms with E-state index in [0.717, 1.165) is 34.4 Å². The molecule has 0 spiro atoms. The van der Waals surface area contributed by atoms with Crippen LogP contribution < -0.4 is 4.74 Å². The standard InChI is InChI=1S/C18H22N4O2/c1-10-11(2)17-13(7-14(18(17)23)12-5-3-4-6-12)8-15(10)24-9-16-19-21-22-20-16/h8,12,14H,3-7,9H2,1-2H3,(H,19,20,21,22). The number of H-pyrrole nitrogens is 1. The van der Waals surface area contributed by atoms with Crippen molar-refractivity contribution in [1.29, 1.82) is 0 Å². The summed E-state index contributed by atoms with van der Waals surface area (Å²) in [7, 11) is 0. The molecule has 1 atom stereocenters. The monoisotopic (exact) mass is 326 g/mol. The molecule has 2 aliphatic rings. The first kappa shape index (κ1) is 15.3. The number of carbonyl (C=O) groups excluding carboxylic acids is 1. The molecule has 1 fully saturated rings. The smallest absolute Gasteiger partial charge is 0.211 e. The maximum absolute atomic E-state index is 12.9. The Morgan fingerprint density at radius 1 is 1.25 bits per heavy atom. The van der Waals surface area contributed by atoms with Gasteiger partial charge < -0.3 is 4.74 Å². The van der Waals surface area contributed by atoms with E-state index in [1.165, 1.54) is 25.7 Å². The number of rotatable bonds is 4. The maximum Gasteiger partial charge on any atom is 0.211 e. The zero-order chi connectivity index (χ0) is 16.7. The van der Waals surface area contributed by atoms with Crippen LogP contribution in [0.2, 0.25) is 0 Å². The Kier molecular flexibility index (Phi) is 3.82. The minimum atomic E-state index is 0.174. The average molecular weight is 326 g/mol. The van der Waals surface area contributed by atoms with Crippen LogP contribution in [0.1, 0.15) is 58.6 Å². The number of hydrogen-bond donors (Lipinski definition) is 1. The highest BCUT2D eigenvalue weighted by molar-refractivity contribution is 6.04. The molecule has 2 aliphatic carbocycles. The molecule has 0 aliphatic heterocycles. The van der Waals surface area contributed by atoms with E-state index in [2.05, 4.69) is 20.6 Å². The number of ketones is 1. The summed E-state index contributed by atoms with van der Waals surface area (Å²) >= 11 is 0. The molecule has 6 nitrogen and oxygen atoms in total. The van der Waals surface area contributed by atoms with Crippen LogP contribution in [0.3, 0.4) is 0 Å². The van der Waals surface area contributed by atoms with E-state index in [4.69, 9.17) is 4.74 Å². The lowest BCUT2D eigenvalue weighted by Crippen LogP contribution is -2.18. The third-order valence-corrected chi connectivity index (χ3v) is 5.67. The molecule has 0 amide bonds. The van der Waals surface area contributed by atoms with Gasteiger partial charge in [0, 0.05) is 11.5 Å². The minimum absolute atomic E-state index is 0.174. The van der Waals surface area contributed by atoms with Crippen molar-refractivity contribution in [3.8, 4) is 5.75 Å². The van der Waals surface area contributed by atoms with Gasteiger partial charge in [-0.2, -0.15) is 5.21 Å². The van der Waals surface area contributed by atoms with Gasteiger partial charge in [-0.05, 0) is 61.8 Å². The zero-order valence-electron chi connectivity index (χ0n) is 14.1. The van der Waals surface area contributed by atoms with Crippen LogP contribution >= 0.6 is 0 Å². The molecular formula is C18H22N4O2. The van der Waals surface area contributed by atoms with E-state index >= 15 is 0 Å². The second-order valence-electron chi connectivity index (χ2n) is 6.99. The second-order valence-corrected chi connectivity index (χ2v) is 6.99. The molecule has 1 unspecified atom stereocenters. The first-order chi connectivity index (χ1) is 11.6. The van der Waals surface area contributed by atoms with Gasteiger partial charge in [0.2, 0.25) is 5.82 Å². The van der Waals surface area contributed by atoms with E-state index in [1.807, 2.05) is 19.9 Å². The van der Waals surface area contributed by atoms with Crippen molar-refractivity contribution in [3.05, 3.63) is 34.1 Å². The Bertz CT molecular complexity index is 764. The van der Waals surface area contributed by atoms with Crippen molar-refractivity contribution in [3.63, 3.8) is 0 Å². The predicted octanol–water partition coefficient (Wildman–Crippen LogP) is 2.94. The number of aromatic nitrogens is 4. The Labute approximate surface area is 141 Å². The molecule has 2 aromatic rings. The van der Waals surface area contributed by atoms with Gasteiger partial charge in [-0.25, -0.2) is 0 Å². The van der Waals surface area contributed by atoms with Crippen molar-refractivity contribution in [2.75, 3.05) is 0 Å². The predicted molar refractivity (Wildman–Crippen MR) is 87.9 cm³/mol. The quantitative estimate of drug-likeness (QED) is 0.934. The number of Topliss-reactive ketones (excluding diaryl/α,β-unsaturated/α-hetero) is 1. The third-order valence-electron chi connectivity index (χ3n) is 5.67. The Hall–Kier alpha value is -2.24. The van der Waals surface area contributed by atoms with Gasteiger partial charge in [0.05, 0.1) is 0 Å². The van der Waals surface area contributed by atoms with E-state index in [1.54, 1.807) is 0 Å². The molecular weight excluding hydrogens is 304 g/mol. The first-order valence-corrected chi connectivity index (χ1v) is 8.67. The van der Waals surface area contributed by atoms with Crippen molar-refractivity contribution in [2.24, 2.45) is 11.8 Å². The van der Waals surface area contributed by atoms with Crippen LogP contribution in [0.4, 0.5) is 0 Å². The molecule has 24 heavy (non-hydrogen) atoms. The molecule has 1 N–H and O–H groups in total. The fourth-order valence-corrected chi connectivity index (χ4v) is 4.25. The topological polar surface area (TPSA) is 80.8 Å². The second kappa shape index (κ2) is 6.00. The number of ether oxygens (including phenoxy) is 1. The molecule has 1 aromatic carbocycles. The third kappa shape index (κ3) is 2.50. The highest BCUT2D eigenvalue weighted by atomic mass is 16.5. The lowest BCUT2D eigenvalue weighted by molar-refractivity contribution is 0.0894. The number of tetrazole rings is 1. The number of benzene rings is 1. The van der Waals surface area contributed by atoms with Crippen LogP contribution in [-0.4, -0.2) is 26.4 Å². The Balaban J connectivity index is 1.61. The van der Waals surface area contributed by atoms with Crippen LogP contribution in [0.25, 0.3) is 0 Å². The fraction of sp³-hybridized carbons (Fsp3) is 0.556. The van der Waals surface area contributed by atoms with Gasteiger partial charge in [-0.1, -0.05) is 18.1 Å². The van der Waals surface area contributed by atoms with Crippen molar-refractivity contribution >= 4 is 5.78 Å². The lowest BCUT2D eigenvalue weighted by Gasteiger charge is -2.15. The summed E-state index contributed by atoms with van der Waals surface area (Å²) < 4.78 is 5.89. The SMILES string of the molecule is Cc1c(OCc2nn[nH]n2)cc2c(c1C)C(=O)C(C1CCCC1)C2. The van der Waals surface area contributed by atoms with Gasteiger partial charge in [0.1, 0.15) is 5.75 Å². The summed E-state index contributed by atoms with van der Waals surface area (Å²) in [6.45, 7) is 4.32. The van der Waals surface area contributed by atoms with Crippen molar-refractivity contribution in [2.45, 2.75) is 52.6 Å². The summed E-state index contributed by atoms with van der Waals surface area (Å²) in [4.78, 5) is 12.9. The summed E-state index contributed by atoms with van der Waals surface area (Å²) in [5.74, 6) is 2.42. The van der Waals surface area contributed by atoms with E-state index in [-0.39, 0.29) is 12.5 Å². The molecule has 0 saturated heterocycles. The maximum atomic E-state index is 12.9. The summed E-state index contributed by atoms with van der Waals surface area (Å²) in [5.41, 5.74) is 4.16. The Morgan fingerprint density at radius 2 is 2.04 bits per heavy atom. The molecule has 4 rings (SSSR count). The Morgan fingerprint density at radius 3 is 2.75 bits per heavy atom. The summed E-state index contributed by atoms with van der Waals surface area (Å²) in [5, 5.41) is 13.8. The van der Waals surface area contributed by atoms with Crippen molar-refractivity contribution < 1.29 is 9.53 Å². The van der Waals surface area contributed by atoms with Gasteiger partial charge in [-0.15, -0.1) is 10.2 Å². The number of hydrogen-bond acceptors (Lipinski definition) is 5. The molecule has 1 heterocycles. The molecule has 6 heteroatoms. The molecule has 1 aromatic heterocycles. The molecule has 0 radical (unpaired) electrons. The number of nitrogens with zero attached hydrogens (tertiary/aromatic N) is 3. The molecule has 126 valence electrons. The van der Waals surface area contributed by atoms with E-state index < -0.39 is 0 Å². The highest BCUT2D eigenvalue weighted by Gasteiger charge is 2.39. The van der Waals surface area contributed by atoms with E-state index in [0.29, 0.717) is 17.5 Å². The number of fused-ring (bicyclic) bond motifs is 1. The van der Waals surface area contributed by atoms with Gasteiger partial charge in [0.15, 0.2) is 12.4 Å². The number of nitrogens with one attached hydrogen (secondary N) is 1. The van der Waals surface area contributed by atoms with E-state index in [9.17, 15) is 4.79 Å². The van der Waals surface area contributed by atoms with Crippen molar-refractivity contribution in [1.82, 2.24) is 20.6 Å². The number of carbonyl (C=O) groups is 1. The molecule has 0 bridgehead atoms. The summed E-state index contributed by atoms with van der Waals surface area (Å²) in [6, 6.07) is 2.05. The fourth-order valence-electron chi connectivity index (χ4n) is 4.25. The summed E-state index contributed by atoms with van der Waals surface area (Å²) in [6.07, 6.45) is 5.79. The zero-order valence-corrected chi connectivity index (χ0v) is 14.1. The largest absolute Gasteiger partial charge is 0.485 e. The molecule has 1 saturated carbocycles. The minimum Gasteiger partial charge on any atom is -0.485 e. The van der Waals surface area contributed by atoms with Gasteiger partial charge in [-0.3, -0.25) is 4.79 Å². The van der Waals surface area contributed by atoms with Crippen LogP contribution in [0, 0.1) is 25.7 Å². The van der Waals surface area contributed by atoms with Crippen LogP contribution in [0.5, 0.6) is 5.75 Å². The highest BCUT2D eigenvalue weighted by Crippen LogP contribution is 2.42. The van der Waals surface area contributed by atoms with Crippen LogP contribution in [-0.2, 0) is 13.0 Å². The average Bonchev–Trinajstić information content (AvgIpc) is 3.30. The first-order valence-electron chi connectivity index (χ1n) is 8.67. The van der Waals surface area contributed by atoms with Gasteiger partial charge >= 0.3 is 0 Å². The normalized spacial score (nSPS) is 20.6.